The molecule has 2 N–H and O–H groups in total. The van der Waals surface area contributed by atoms with Crippen LogP contribution < -0.4 is 10.3 Å². The number of rotatable bonds is 3. The largest absolute Gasteiger partial charge is 0.380 e. The zero-order valence-corrected chi connectivity index (χ0v) is 15.3. The van der Waals surface area contributed by atoms with Crippen molar-refractivity contribution in [2.24, 2.45) is 5.41 Å². The van der Waals surface area contributed by atoms with Gasteiger partial charge in [-0.25, -0.2) is 4.98 Å². The highest BCUT2D eigenvalue weighted by atomic mass is 35.5. The number of benzene rings is 2. The number of allylic oxidation sites excluding steroid dienone is 1. The number of hydrogen-bond acceptors (Lipinski definition) is 1. The van der Waals surface area contributed by atoms with E-state index in [1.165, 1.54) is 33.4 Å². The average molecular weight is 350 g/mol. The van der Waals surface area contributed by atoms with Gasteiger partial charge in [-0.3, -0.25) is 0 Å². The van der Waals surface area contributed by atoms with E-state index in [0.717, 1.165) is 18.0 Å². The van der Waals surface area contributed by atoms with Crippen molar-refractivity contribution in [1.82, 2.24) is 0 Å². The lowest BCUT2D eigenvalue weighted by molar-refractivity contribution is -0.359. The summed E-state index contributed by atoms with van der Waals surface area (Å²) in [5.41, 5.74) is 6.34. The topological polar surface area (TPSA) is 26.2 Å². The summed E-state index contributed by atoms with van der Waals surface area (Å²) in [6.07, 6.45) is 5.58. The summed E-state index contributed by atoms with van der Waals surface area (Å²) in [7, 11) is 0. The number of aromatic amines is 1. The SMILES string of the molecule is CC1(C)C=Cc2c([nH+]c3ccccc3c2NCc2ccc(Cl)cc2)C1. The van der Waals surface area contributed by atoms with Gasteiger partial charge in [-0.05, 0) is 29.2 Å². The summed E-state index contributed by atoms with van der Waals surface area (Å²) in [4.78, 5) is 3.64. The zero-order chi connectivity index (χ0) is 17.4. The molecule has 3 aromatic rings. The first-order valence-electron chi connectivity index (χ1n) is 8.66. The van der Waals surface area contributed by atoms with E-state index < -0.39 is 0 Å². The molecule has 1 heterocycles. The van der Waals surface area contributed by atoms with Crippen LogP contribution in [-0.4, -0.2) is 0 Å². The quantitative estimate of drug-likeness (QED) is 0.662. The normalized spacial score (nSPS) is 15.2. The Hall–Kier alpha value is -2.32. The van der Waals surface area contributed by atoms with Gasteiger partial charge in [0, 0.05) is 24.1 Å². The molecule has 2 aromatic carbocycles. The lowest BCUT2D eigenvalue weighted by Crippen LogP contribution is -2.25. The minimum atomic E-state index is 0.180. The molecule has 0 spiro atoms. The van der Waals surface area contributed by atoms with Crippen molar-refractivity contribution < 1.29 is 4.98 Å². The predicted molar refractivity (Wildman–Crippen MR) is 106 cm³/mol. The smallest absolute Gasteiger partial charge is 0.213 e. The second-order valence-corrected chi connectivity index (χ2v) is 7.85. The Morgan fingerprint density at radius 1 is 1.08 bits per heavy atom. The Morgan fingerprint density at radius 2 is 1.84 bits per heavy atom. The summed E-state index contributed by atoms with van der Waals surface area (Å²) >= 11 is 5.99. The Balaban J connectivity index is 1.77. The van der Waals surface area contributed by atoms with Gasteiger partial charge in [0.15, 0.2) is 5.69 Å². The van der Waals surface area contributed by atoms with E-state index in [4.69, 9.17) is 11.6 Å². The molecule has 0 radical (unpaired) electrons. The Morgan fingerprint density at radius 3 is 2.64 bits per heavy atom. The van der Waals surface area contributed by atoms with Crippen LogP contribution in [0.1, 0.15) is 30.7 Å². The van der Waals surface area contributed by atoms with Crippen LogP contribution in [-0.2, 0) is 13.0 Å². The van der Waals surface area contributed by atoms with Crippen LogP contribution in [0.4, 0.5) is 5.69 Å². The fraction of sp³-hybridized carbons (Fsp3) is 0.227. The van der Waals surface area contributed by atoms with E-state index in [9.17, 15) is 0 Å². The summed E-state index contributed by atoms with van der Waals surface area (Å²) in [6, 6.07) is 16.5. The molecule has 0 saturated carbocycles. The molecule has 0 bridgehead atoms. The number of anilines is 1. The van der Waals surface area contributed by atoms with E-state index in [-0.39, 0.29) is 5.41 Å². The van der Waals surface area contributed by atoms with Crippen molar-refractivity contribution in [2.75, 3.05) is 5.32 Å². The van der Waals surface area contributed by atoms with Crippen LogP contribution in [0, 0.1) is 5.41 Å². The lowest BCUT2D eigenvalue weighted by Gasteiger charge is -2.24. The number of pyridine rings is 1. The van der Waals surface area contributed by atoms with E-state index >= 15 is 0 Å². The lowest BCUT2D eigenvalue weighted by atomic mass is 9.81. The highest BCUT2D eigenvalue weighted by Gasteiger charge is 2.28. The fourth-order valence-electron chi connectivity index (χ4n) is 3.47. The van der Waals surface area contributed by atoms with Crippen molar-refractivity contribution in [3.8, 4) is 0 Å². The van der Waals surface area contributed by atoms with Gasteiger partial charge in [0.1, 0.15) is 0 Å². The molecule has 0 aliphatic heterocycles. The molecule has 2 nitrogen and oxygen atoms in total. The van der Waals surface area contributed by atoms with Gasteiger partial charge in [0.2, 0.25) is 5.52 Å². The van der Waals surface area contributed by atoms with E-state index in [1.807, 2.05) is 12.1 Å². The Kier molecular flexibility index (Phi) is 4.01. The summed E-state index contributed by atoms with van der Waals surface area (Å²) in [6.45, 7) is 5.32. The summed E-state index contributed by atoms with van der Waals surface area (Å²) in [5.74, 6) is 0. The molecule has 1 aromatic heterocycles. The van der Waals surface area contributed by atoms with Crippen LogP contribution in [0.25, 0.3) is 17.0 Å². The molecule has 0 amide bonds. The van der Waals surface area contributed by atoms with E-state index in [2.05, 4.69) is 72.7 Å². The molecule has 1 aliphatic rings. The molecule has 1 aliphatic carbocycles. The van der Waals surface area contributed by atoms with Gasteiger partial charge < -0.3 is 5.32 Å². The molecule has 0 saturated heterocycles. The third-order valence-electron chi connectivity index (χ3n) is 4.79. The van der Waals surface area contributed by atoms with Gasteiger partial charge in [0.25, 0.3) is 0 Å². The summed E-state index contributed by atoms with van der Waals surface area (Å²) in [5, 5.41) is 5.66. The van der Waals surface area contributed by atoms with Gasteiger partial charge >= 0.3 is 0 Å². The van der Waals surface area contributed by atoms with Crippen molar-refractivity contribution in [3.05, 3.63) is 76.5 Å². The van der Waals surface area contributed by atoms with Gasteiger partial charge in [-0.15, -0.1) is 0 Å². The minimum absolute atomic E-state index is 0.180. The second kappa shape index (κ2) is 6.20. The predicted octanol–water partition coefficient (Wildman–Crippen LogP) is 5.51. The maximum absolute atomic E-state index is 5.99. The number of H-pyrrole nitrogens is 1. The molecule has 0 unspecified atom stereocenters. The molecule has 0 atom stereocenters. The third-order valence-corrected chi connectivity index (χ3v) is 5.04. The number of halogens is 1. The van der Waals surface area contributed by atoms with E-state index in [1.54, 1.807) is 0 Å². The first-order chi connectivity index (χ1) is 12.0. The van der Waals surface area contributed by atoms with Crippen molar-refractivity contribution in [2.45, 2.75) is 26.8 Å². The standard InChI is InChI=1S/C22H21ClN2/c1-22(2)12-11-18-20(13-22)25-19-6-4-3-5-17(19)21(18)24-14-15-7-9-16(23)10-8-15/h3-12H,13-14H2,1-2H3,(H,24,25)/p+1. The first kappa shape index (κ1) is 16.2. The average Bonchev–Trinajstić information content (AvgIpc) is 2.59. The van der Waals surface area contributed by atoms with Crippen LogP contribution in [0.2, 0.25) is 5.02 Å². The summed E-state index contributed by atoms with van der Waals surface area (Å²) < 4.78 is 0. The zero-order valence-electron chi connectivity index (χ0n) is 14.6. The molecule has 3 heteroatoms. The second-order valence-electron chi connectivity index (χ2n) is 7.42. The minimum Gasteiger partial charge on any atom is -0.380 e. The van der Waals surface area contributed by atoms with E-state index in [0.29, 0.717) is 0 Å². The molecular formula is C22H22ClN2+. The highest BCUT2D eigenvalue weighted by Crippen LogP contribution is 2.36. The third kappa shape index (κ3) is 3.27. The molecule has 0 fully saturated rings. The van der Waals surface area contributed by atoms with Crippen LogP contribution >= 0.6 is 11.6 Å². The fourth-order valence-corrected chi connectivity index (χ4v) is 3.59. The van der Waals surface area contributed by atoms with Crippen LogP contribution in [0.3, 0.4) is 0 Å². The monoisotopic (exact) mass is 349 g/mol. The van der Waals surface area contributed by atoms with Crippen molar-refractivity contribution in [3.63, 3.8) is 0 Å². The Labute approximate surface area is 153 Å². The first-order valence-corrected chi connectivity index (χ1v) is 9.04. The van der Waals surface area contributed by atoms with Gasteiger partial charge in [-0.2, -0.15) is 0 Å². The van der Waals surface area contributed by atoms with Crippen molar-refractivity contribution >= 4 is 34.3 Å². The number of aromatic nitrogens is 1. The molecule has 25 heavy (non-hydrogen) atoms. The maximum Gasteiger partial charge on any atom is 0.213 e. The van der Waals surface area contributed by atoms with Gasteiger partial charge in [0.05, 0.1) is 16.6 Å². The number of nitrogens with one attached hydrogen (secondary N) is 2. The molecule has 126 valence electrons. The highest BCUT2D eigenvalue weighted by molar-refractivity contribution is 6.30. The molecular weight excluding hydrogens is 328 g/mol. The van der Waals surface area contributed by atoms with Crippen molar-refractivity contribution in [1.29, 1.82) is 0 Å². The van der Waals surface area contributed by atoms with Gasteiger partial charge in [-0.1, -0.05) is 61.9 Å². The number of fused-ring (bicyclic) bond motifs is 2. The number of hydrogen-bond donors (Lipinski definition) is 1. The van der Waals surface area contributed by atoms with Crippen LogP contribution in [0.15, 0.2) is 54.6 Å². The number of para-hydroxylation sites is 1. The maximum atomic E-state index is 5.99. The Bertz CT molecular complexity index is 956. The molecule has 4 rings (SSSR count). The van der Waals surface area contributed by atoms with Crippen LogP contribution in [0.5, 0.6) is 0 Å².